The molecule has 3 rings (SSSR count). The van der Waals surface area contributed by atoms with Crippen LogP contribution in [0, 0.1) is 5.82 Å². The highest BCUT2D eigenvalue weighted by Gasteiger charge is 2.22. The van der Waals surface area contributed by atoms with E-state index in [2.05, 4.69) is 0 Å². The number of rotatable bonds is 1. The molecule has 1 aliphatic heterocycles. The first-order chi connectivity index (χ1) is 8.74. The van der Waals surface area contributed by atoms with Crippen LogP contribution in [0.5, 0.6) is 0 Å². The third kappa shape index (κ3) is 2.13. The number of hydrogen-bond donors (Lipinski definition) is 0. The molecule has 0 amide bonds. The van der Waals surface area contributed by atoms with E-state index >= 15 is 0 Å². The topological polar surface area (TPSA) is 17.1 Å². The molecule has 0 saturated carbocycles. The lowest BCUT2D eigenvalue weighted by molar-refractivity contribution is 0.103. The second-order valence-electron chi connectivity index (χ2n) is 3.98. The van der Waals surface area contributed by atoms with Crippen LogP contribution in [0.3, 0.4) is 0 Å². The van der Waals surface area contributed by atoms with Crippen molar-refractivity contribution in [1.29, 1.82) is 0 Å². The molecule has 0 atom stereocenters. The summed E-state index contributed by atoms with van der Waals surface area (Å²) in [4.78, 5) is 13.1. The van der Waals surface area contributed by atoms with Crippen molar-refractivity contribution in [2.24, 2.45) is 0 Å². The van der Waals surface area contributed by atoms with Gasteiger partial charge in [-0.05, 0) is 46.7 Å². The summed E-state index contributed by atoms with van der Waals surface area (Å²) in [5, 5.41) is 3.96. The van der Waals surface area contributed by atoms with Gasteiger partial charge < -0.3 is 0 Å². The molecule has 1 aromatic heterocycles. The van der Waals surface area contributed by atoms with Crippen LogP contribution in [-0.2, 0) is 0 Å². The van der Waals surface area contributed by atoms with Crippen molar-refractivity contribution in [1.82, 2.24) is 0 Å². The predicted molar refractivity (Wildman–Crippen MR) is 73.8 cm³/mol. The zero-order valence-corrected chi connectivity index (χ0v) is 11.0. The molecule has 18 heavy (non-hydrogen) atoms. The number of halogens is 1. The molecule has 0 saturated heterocycles. The minimum atomic E-state index is -0.362. The summed E-state index contributed by atoms with van der Waals surface area (Å²) in [6, 6.07) is 6.36. The summed E-state index contributed by atoms with van der Waals surface area (Å²) in [6.07, 6.45) is 1.89. The zero-order chi connectivity index (χ0) is 12.5. The first-order valence-corrected chi connectivity index (χ1v) is 7.37. The van der Waals surface area contributed by atoms with Gasteiger partial charge in [-0.3, -0.25) is 4.79 Å². The molecule has 90 valence electrons. The Hall–Kier alpha value is -1.39. The van der Waals surface area contributed by atoms with Gasteiger partial charge in [0, 0.05) is 21.8 Å². The SMILES string of the molecule is O=C1C(=Cc2ccsc2)CSc2ccc(F)cc21. The number of Topliss-reactive ketones (excluding diaryl/α,β-unsaturated/α-hetero) is 1. The van der Waals surface area contributed by atoms with Crippen LogP contribution in [0.1, 0.15) is 15.9 Å². The molecule has 0 bridgehead atoms. The largest absolute Gasteiger partial charge is 0.289 e. The molecule has 0 radical (unpaired) electrons. The highest BCUT2D eigenvalue weighted by Crippen LogP contribution is 2.33. The Kier molecular flexibility index (Phi) is 3.06. The maximum atomic E-state index is 13.2. The first kappa shape index (κ1) is 11.7. The van der Waals surface area contributed by atoms with Gasteiger partial charge in [-0.1, -0.05) is 0 Å². The number of carbonyl (C=O) groups excluding carboxylic acids is 1. The summed E-state index contributed by atoms with van der Waals surface area (Å²) in [7, 11) is 0. The third-order valence-electron chi connectivity index (χ3n) is 2.75. The molecule has 1 aromatic carbocycles. The molecule has 0 N–H and O–H groups in total. The minimum absolute atomic E-state index is 0.0607. The van der Waals surface area contributed by atoms with Gasteiger partial charge in [0.25, 0.3) is 0 Å². The number of thiophene rings is 1. The molecule has 4 heteroatoms. The molecular weight excluding hydrogens is 267 g/mol. The Morgan fingerprint density at radius 2 is 2.17 bits per heavy atom. The Balaban J connectivity index is 2.01. The molecular formula is C14H9FOS2. The zero-order valence-electron chi connectivity index (χ0n) is 9.35. The second kappa shape index (κ2) is 4.71. The van der Waals surface area contributed by atoms with Crippen molar-refractivity contribution in [3.63, 3.8) is 0 Å². The lowest BCUT2D eigenvalue weighted by Crippen LogP contribution is -2.12. The van der Waals surface area contributed by atoms with Crippen LogP contribution >= 0.6 is 23.1 Å². The van der Waals surface area contributed by atoms with Crippen molar-refractivity contribution < 1.29 is 9.18 Å². The molecule has 0 unspecified atom stereocenters. The summed E-state index contributed by atoms with van der Waals surface area (Å²) in [6.45, 7) is 0. The molecule has 2 heterocycles. The van der Waals surface area contributed by atoms with E-state index in [9.17, 15) is 9.18 Å². The van der Waals surface area contributed by atoms with Gasteiger partial charge >= 0.3 is 0 Å². The minimum Gasteiger partial charge on any atom is -0.289 e. The van der Waals surface area contributed by atoms with Crippen LogP contribution in [0.15, 0.2) is 45.5 Å². The van der Waals surface area contributed by atoms with Gasteiger partial charge in [0.1, 0.15) is 5.82 Å². The van der Waals surface area contributed by atoms with Crippen molar-refractivity contribution in [3.8, 4) is 0 Å². The smallest absolute Gasteiger partial charge is 0.191 e. The summed E-state index contributed by atoms with van der Waals surface area (Å²) in [5.74, 6) is 0.224. The van der Waals surface area contributed by atoms with Gasteiger partial charge in [0.2, 0.25) is 0 Å². The van der Waals surface area contributed by atoms with Crippen LogP contribution in [-0.4, -0.2) is 11.5 Å². The average Bonchev–Trinajstić information content (AvgIpc) is 2.86. The molecule has 0 fully saturated rings. The van der Waals surface area contributed by atoms with E-state index in [1.54, 1.807) is 29.2 Å². The van der Waals surface area contributed by atoms with E-state index in [1.807, 2.05) is 22.9 Å². The van der Waals surface area contributed by atoms with Crippen LogP contribution in [0.4, 0.5) is 4.39 Å². The standard InChI is InChI=1S/C14H9FOS2/c15-11-1-2-13-12(6-11)14(16)10(8-18-13)5-9-3-4-17-7-9/h1-7H,8H2. The fourth-order valence-corrected chi connectivity index (χ4v) is 3.48. The van der Waals surface area contributed by atoms with Gasteiger partial charge in [-0.25, -0.2) is 4.39 Å². The van der Waals surface area contributed by atoms with E-state index in [4.69, 9.17) is 0 Å². The average molecular weight is 276 g/mol. The van der Waals surface area contributed by atoms with Crippen molar-refractivity contribution in [2.75, 3.05) is 5.75 Å². The maximum absolute atomic E-state index is 13.2. The number of fused-ring (bicyclic) bond motifs is 1. The predicted octanol–water partition coefficient (Wildman–Crippen LogP) is 4.26. The molecule has 0 spiro atoms. The second-order valence-corrected chi connectivity index (χ2v) is 5.78. The van der Waals surface area contributed by atoms with Crippen LogP contribution < -0.4 is 0 Å². The molecule has 0 aliphatic carbocycles. The number of benzene rings is 1. The lowest BCUT2D eigenvalue weighted by atomic mass is 10.0. The third-order valence-corrected chi connectivity index (χ3v) is 4.57. The van der Waals surface area contributed by atoms with E-state index in [0.717, 1.165) is 16.0 Å². The summed E-state index contributed by atoms with van der Waals surface area (Å²) in [5.41, 5.74) is 2.24. The summed E-state index contributed by atoms with van der Waals surface area (Å²) < 4.78 is 13.2. The quantitative estimate of drug-likeness (QED) is 0.724. The van der Waals surface area contributed by atoms with Gasteiger partial charge in [-0.15, -0.1) is 11.8 Å². The Bertz CT molecular complexity index is 629. The highest BCUT2D eigenvalue weighted by molar-refractivity contribution is 7.99. The fourth-order valence-electron chi connectivity index (χ4n) is 1.87. The van der Waals surface area contributed by atoms with Crippen molar-refractivity contribution >= 4 is 35.0 Å². The highest BCUT2D eigenvalue weighted by atomic mass is 32.2. The molecule has 1 nitrogen and oxygen atoms in total. The first-order valence-electron chi connectivity index (χ1n) is 5.44. The maximum Gasteiger partial charge on any atom is 0.191 e. The number of carbonyl (C=O) groups is 1. The Morgan fingerprint density at radius 3 is 2.94 bits per heavy atom. The van der Waals surface area contributed by atoms with Gasteiger partial charge in [-0.2, -0.15) is 11.3 Å². The van der Waals surface area contributed by atoms with E-state index in [0.29, 0.717) is 11.3 Å². The number of thioether (sulfide) groups is 1. The molecule has 1 aliphatic rings. The molecule has 2 aromatic rings. The van der Waals surface area contributed by atoms with Crippen molar-refractivity contribution in [3.05, 3.63) is 57.5 Å². The van der Waals surface area contributed by atoms with Gasteiger partial charge in [0.15, 0.2) is 5.78 Å². The van der Waals surface area contributed by atoms with Crippen LogP contribution in [0.25, 0.3) is 6.08 Å². The monoisotopic (exact) mass is 276 g/mol. The Labute approximate surface area is 112 Å². The fraction of sp³-hybridized carbons (Fsp3) is 0.0714. The van der Waals surface area contributed by atoms with Crippen molar-refractivity contribution in [2.45, 2.75) is 4.90 Å². The number of hydrogen-bond acceptors (Lipinski definition) is 3. The summed E-state index contributed by atoms with van der Waals surface area (Å²) >= 11 is 3.17. The van der Waals surface area contributed by atoms with Crippen LogP contribution in [0.2, 0.25) is 0 Å². The number of ketones is 1. The van der Waals surface area contributed by atoms with Gasteiger partial charge in [0.05, 0.1) is 0 Å². The lowest BCUT2D eigenvalue weighted by Gasteiger charge is -2.16. The normalized spacial score (nSPS) is 16.9. The van der Waals surface area contributed by atoms with E-state index < -0.39 is 0 Å². The Morgan fingerprint density at radius 1 is 1.28 bits per heavy atom. The van der Waals surface area contributed by atoms with E-state index in [1.165, 1.54) is 12.1 Å². The van der Waals surface area contributed by atoms with E-state index in [-0.39, 0.29) is 11.6 Å².